The number of alkyl halides is 3. The van der Waals surface area contributed by atoms with E-state index < -0.39 is 12.6 Å². The molecular weight excluding hydrogens is 333 g/mol. The highest BCUT2D eigenvalue weighted by molar-refractivity contribution is 4.79. The molecule has 0 aliphatic rings. The number of hydrogen-bond donors (Lipinski definition) is 0. The van der Waals surface area contributed by atoms with E-state index in [0.29, 0.717) is 11.8 Å². The van der Waals surface area contributed by atoms with Gasteiger partial charge in [0.15, 0.2) is 0 Å². The van der Waals surface area contributed by atoms with Gasteiger partial charge in [-0.05, 0) is 37.5 Å². The van der Waals surface area contributed by atoms with Gasteiger partial charge in [-0.15, -0.1) is 0 Å². The second-order valence-corrected chi connectivity index (χ2v) is 8.40. The molecular formula is C23H45F3. The van der Waals surface area contributed by atoms with E-state index in [0.717, 1.165) is 19.3 Å². The summed E-state index contributed by atoms with van der Waals surface area (Å²) in [6.45, 7) is 6.88. The number of unbranched alkanes of at least 4 members (excludes halogenated alkanes) is 9. The summed E-state index contributed by atoms with van der Waals surface area (Å²) in [7, 11) is 0. The predicted octanol–water partition coefficient (Wildman–Crippen LogP) is 9.62. The summed E-state index contributed by atoms with van der Waals surface area (Å²) < 4.78 is 36.3. The van der Waals surface area contributed by atoms with Gasteiger partial charge in [0.2, 0.25) is 0 Å². The Kier molecular flexibility index (Phi) is 15.7. The van der Waals surface area contributed by atoms with Crippen molar-refractivity contribution in [3.8, 4) is 0 Å². The van der Waals surface area contributed by atoms with Gasteiger partial charge in [-0.3, -0.25) is 0 Å². The molecule has 0 bridgehead atoms. The fourth-order valence-electron chi connectivity index (χ4n) is 4.11. The quantitative estimate of drug-likeness (QED) is 0.208. The fourth-order valence-corrected chi connectivity index (χ4v) is 4.11. The minimum absolute atomic E-state index is 0.303. The van der Waals surface area contributed by atoms with Crippen molar-refractivity contribution < 1.29 is 13.2 Å². The molecule has 0 fully saturated rings. The van der Waals surface area contributed by atoms with Gasteiger partial charge in [0.05, 0.1) is 0 Å². The zero-order valence-electron chi connectivity index (χ0n) is 17.9. The SMILES string of the molecule is CCCCC(CCCC)(CCCC)CCCCCCCCCC(F)(F)F. The summed E-state index contributed by atoms with van der Waals surface area (Å²) in [5, 5.41) is 0. The molecule has 0 radical (unpaired) electrons. The molecule has 0 aliphatic carbocycles. The van der Waals surface area contributed by atoms with Gasteiger partial charge in [0.25, 0.3) is 0 Å². The van der Waals surface area contributed by atoms with Gasteiger partial charge in [-0.1, -0.05) is 97.8 Å². The Morgan fingerprint density at radius 2 is 0.731 bits per heavy atom. The van der Waals surface area contributed by atoms with Gasteiger partial charge in [0, 0.05) is 6.42 Å². The van der Waals surface area contributed by atoms with Crippen LogP contribution in [0.3, 0.4) is 0 Å². The maximum Gasteiger partial charge on any atom is 0.389 e. The lowest BCUT2D eigenvalue weighted by Crippen LogP contribution is -2.21. The third-order valence-corrected chi connectivity index (χ3v) is 5.85. The summed E-state index contributed by atoms with van der Waals surface area (Å²) >= 11 is 0. The third-order valence-electron chi connectivity index (χ3n) is 5.85. The van der Waals surface area contributed by atoms with Crippen molar-refractivity contribution in [2.75, 3.05) is 0 Å². The van der Waals surface area contributed by atoms with Gasteiger partial charge in [-0.25, -0.2) is 0 Å². The predicted molar refractivity (Wildman–Crippen MR) is 109 cm³/mol. The molecule has 3 heteroatoms. The molecule has 158 valence electrons. The van der Waals surface area contributed by atoms with Crippen LogP contribution in [-0.2, 0) is 0 Å². The molecule has 0 aromatic heterocycles. The molecule has 0 aromatic rings. The molecule has 26 heavy (non-hydrogen) atoms. The Hall–Kier alpha value is -0.210. The summed E-state index contributed by atoms with van der Waals surface area (Å²) in [5.41, 5.74) is 0.564. The summed E-state index contributed by atoms with van der Waals surface area (Å²) in [5.74, 6) is 0. The molecule has 0 aromatic carbocycles. The second kappa shape index (κ2) is 15.8. The Balaban J connectivity index is 4.05. The molecule has 0 nitrogen and oxygen atoms in total. The molecule has 0 atom stereocenters. The zero-order valence-corrected chi connectivity index (χ0v) is 17.9. The average Bonchev–Trinajstić information content (AvgIpc) is 2.60. The van der Waals surface area contributed by atoms with Crippen LogP contribution in [0.25, 0.3) is 0 Å². The summed E-state index contributed by atoms with van der Waals surface area (Å²) in [6.07, 6.45) is 15.7. The molecule has 0 aliphatic heterocycles. The maximum atomic E-state index is 12.1. The first kappa shape index (κ1) is 25.8. The topological polar surface area (TPSA) is 0 Å². The monoisotopic (exact) mass is 378 g/mol. The average molecular weight is 379 g/mol. The van der Waals surface area contributed by atoms with Crippen molar-refractivity contribution >= 4 is 0 Å². The Morgan fingerprint density at radius 3 is 1.08 bits per heavy atom. The highest BCUT2D eigenvalue weighted by Crippen LogP contribution is 2.41. The van der Waals surface area contributed by atoms with Crippen molar-refractivity contribution in [3.05, 3.63) is 0 Å². The zero-order chi connectivity index (χ0) is 19.7. The molecule has 0 heterocycles. The molecule has 0 spiro atoms. The van der Waals surface area contributed by atoms with Crippen LogP contribution in [0.2, 0.25) is 0 Å². The Labute approximate surface area is 161 Å². The van der Waals surface area contributed by atoms with Gasteiger partial charge in [-0.2, -0.15) is 13.2 Å². The van der Waals surface area contributed by atoms with Gasteiger partial charge >= 0.3 is 6.18 Å². The molecule has 0 rings (SSSR count). The first-order valence-electron chi connectivity index (χ1n) is 11.5. The van der Waals surface area contributed by atoms with Gasteiger partial charge in [0.1, 0.15) is 0 Å². The van der Waals surface area contributed by atoms with Crippen LogP contribution in [0.5, 0.6) is 0 Å². The molecule has 0 unspecified atom stereocenters. The van der Waals surface area contributed by atoms with Crippen LogP contribution >= 0.6 is 0 Å². The molecule has 0 N–H and O–H groups in total. The summed E-state index contributed by atoms with van der Waals surface area (Å²) in [6, 6.07) is 0. The summed E-state index contributed by atoms with van der Waals surface area (Å²) in [4.78, 5) is 0. The van der Waals surface area contributed by atoms with Crippen LogP contribution in [0.15, 0.2) is 0 Å². The number of hydrogen-bond acceptors (Lipinski definition) is 0. The largest absolute Gasteiger partial charge is 0.389 e. The fraction of sp³-hybridized carbons (Fsp3) is 1.00. The minimum atomic E-state index is -3.97. The van der Waals surface area contributed by atoms with E-state index in [1.54, 1.807) is 0 Å². The molecule has 0 amide bonds. The number of halogens is 3. The third kappa shape index (κ3) is 14.9. The van der Waals surface area contributed by atoms with Crippen LogP contribution in [-0.4, -0.2) is 6.18 Å². The minimum Gasteiger partial charge on any atom is -0.171 e. The van der Waals surface area contributed by atoms with Crippen molar-refractivity contribution in [2.45, 2.75) is 143 Å². The van der Waals surface area contributed by atoms with Crippen LogP contribution in [0, 0.1) is 5.41 Å². The van der Waals surface area contributed by atoms with Crippen LogP contribution in [0.1, 0.15) is 136 Å². The van der Waals surface area contributed by atoms with Crippen molar-refractivity contribution in [1.82, 2.24) is 0 Å². The van der Waals surface area contributed by atoms with Crippen LogP contribution < -0.4 is 0 Å². The first-order chi connectivity index (χ1) is 12.4. The Morgan fingerprint density at radius 1 is 0.423 bits per heavy atom. The van der Waals surface area contributed by atoms with E-state index in [1.165, 1.54) is 83.5 Å². The van der Waals surface area contributed by atoms with E-state index in [4.69, 9.17) is 0 Å². The van der Waals surface area contributed by atoms with Crippen molar-refractivity contribution in [1.29, 1.82) is 0 Å². The standard InChI is InChI=1S/C23H45F3/c1-4-7-17-22(18-8-5-2,19-9-6-3)20-15-13-11-10-12-14-16-21-23(24,25)26/h4-21H2,1-3H3. The van der Waals surface area contributed by atoms with Crippen LogP contribution in [0.4, 0.5) is 13.2 Å². The molecule has 0 saturated heterocycles. The lowest BCUT2D eigenvalue weighted by Gasteiger charge is -2.35. The van der Waals surface area contributed by atoms with E-state index in [9.17, 15) is 13.2 Å². The lowest BCUT2D eigenvalue weighted by atomic mass is 9.71. The number of rotatable bonds is 18. The normalized spacial score (nSPS) is 12.7. The van der Waals surface area contributed by atoms with E-state index in [1.807, 2.05) is 0 Å². The van der Waals surface area contributed by atoms with E-state index in [-0.39, 0.29) is 0 Å². The van der Waals surface area contributed by atoms with E-state index in [2.05, 4.69) is 20.8 Å². The van der Waals surface area contributed by atoms with Crippen molar-refractivity contribution in [2.24, 2.45) is 5.41 Å². The van der Waals surface area contributed by atoms with E-state index >= 15 is 0 Å². The highest BCUT2D eigenvalue weighted by Gasteiger charge is 2.27. The van der Waals surface area contributed by atoms with Gasteiger partial charge < -0.3 is 0 Å². The second-order valence-electron chi connectivity index (χ2n) is 8.40. The maximum absolute atomic E-state index is 12.1. The Bertz CT molecular complexity index is 275. The van der Waals surface area contributed by atoms with Crippen molar-refractivity contribution in [3.63, 3.8) is 0 Å². The first-order valence-corrected chi connectivity index (χ1v) is 11.5. The highest BCUT2D eigenvalue weighted by atomic mass is 19.4. The lowest BCUT2D eigenvalue weighted by molar-refractivity contribution is -0.135. The smallest absolute Gasteiger partial charge is 0.171 e. The molecule has 0 saturated carbocycles.